The van der Waals surface area contributed by atoms with Crippen LogP contribution in [0.1, 0.15) is 12.8 Å². The summed E-state index contributed by atoms with van der Waals surface area (Å²) in [6.07, 6.45) is 1.98. The number of aliphatic carboxylic acids is 1. The summed E-state index contributed by atoms with van der Waals surface area (Å²) in [7, 11) is -2.68. The standard InChI is InChI=1S/C14H18N2O6S/c1-16(8-14(18)19)23(20,21)12-6-4-11(5-7-12)22-9-13(17)15-10-2-3-10/h4-7,10H,2-3,8-9H2,1H3,(H,15,17)(H,18,19). The van der Waals surface area contributed by atoms with Crippen LogP contribution in [-0.2, 0) is 19.6 Å². The maximum Gasteiger partial charge on any atom is 0.318 e. The third-order valence-electron chi connectivity index (χ3n) is 3.20. The van der Waals surface area contributed by atoms with E-state index in [0.29, 0.717) is 5.75 Å². The highest BCUT2D eigenvalue weighted by Crippen LogP contribution is 2.20. The van der Waals surface area contributed by atoms with E-state index in [-0.39, 0.29) is 23.5 Å². The van der Waals surface area contributed by atoms with Crippen molar-refractivity contribution in [2.24, 2.45) is 0 Å². The molecule has 0 heterocycles. The van der Waals surface area contributed by atoms with Crippen LogP contribution in [0, 0.1) is 0 Å². The van der Waals surface area contributed by atoms with Crippen molar-refractivity contribution < 1.29 is 27.9 Å². The van der Waals surface area contributed by atoms with Crippen LogP contribution in [-0.4, -0.2) is 55.9 Å². The number of carbonyl (C=O) groups is 2. The summed E-state index contributed by atoms with van der Waals surface area (Å²) in [5.41, 5.74) is 0. The van der Waals surface area contributed by atoms with Gasteiger partial charge >= 0.3 is 5.97 Å². The van der Waals surface area contributed by atoms with Gasteiger partial charge in [0.1, 0.15) is 12.3 Å². The normalized spacial score (nSPS) is 14.5. The minimum absolute atomic E-state index is 0.0453. The molecule has 1 aliphatic carbocycles. The van der Waals surface area contributed by atoms with Gasteiger partial charge in [-0.15, -0.1) is 0 Å². The Balaban J connectivity index is 1.95. The van der Waals surface area contributed by atoms with Crippen LogP contribution < -0.4 is 10.1 Å². The molecule has 1 amide bonds. The second kappa shape index (κ2) is 6.97. The molecular weight excluding hydrogens is 324 g/mol. The molecule has 0 aromatic heterocycles. The quantitative estimate of drug-likeness (QED) is 0.690. The van der Waals surface area contributed by atoms with Crippen LogP contribution in [0.2, 0.25) is 0 Å². The smallest absolute Gasteiger partial charge is 0.318 e. The van der Waals surface area contributed by atoms with E-state index >= 15 is 0 Å². The molecule has 0 spiro atoms. The molecule has 0 saturated heterocycles. The molecule has 1 aliphatic rings. The summed E-state index contributed by atoms with van der Waals surface area (Å²) < 4.78 is 30.3. The number of amides is 1. The van der Waals surface area contributed by atoms with Crippen molar-refractivity contribution in [3.05, 3.63) is 24.3 Å². The van der Waals surface area contributed by atoms with E-state index in [2.05, 4.69) is 5.32 Å². The van der Waals surface area contributed by atoms with Crippen molar-refractivity contribution in [2.75, 3.05) is 20.2 Å². The number of carbonyl (C=O) groups excluding carboxylic acids is 1. The number of ether oxygens (including phenoxy) is 1. The summed E-state index contributed by atoms with van der Waals surface area (Å²) in [6.45, 7) is -0.760. The van der Waals surface area contributed by atoms with Crippen molar-refractivity contribution in [1.82, 2.24) is 9.62 Å². The molecule has 0 radical (unpaired) electrons. The minimum atomic E-state index is -3.87. The fourth-order valence-electron chi connectivity index (χ4n) is 1.81. The first-order chi connectivity index (χ1) is 10.8. The van der Waals surface area contributed by atoms with Gasteiger partial charge < -0.3 is 15.2 Å². The lowest BCUT2D eigenvalue weighted by Gasteiger charge is -2.15. The Morgan fingerprint density at radius 3 is 2.43 bits per heavy atom. The van der Waals surface area contributed by atoms with Gasteiger partial charge in [-0.05, 0) is 37.1 Å². The lowest BCUT2D eigenvalue weighted by molar-refractivity contribution is -0.137. The number of sulfonamides is 1. The maximum atomic E-state index is 12.1. The first-order valence-electron chi connectivity index (χ1n) is 6.99. The summed E-state index contributed by atoms with van der Waals surface area (Å²) >= 11 is 0. The zero-order chi connectivity index (χ0) is 17.0. The molecule has 1 saturated carbocycles. The van der Waals surface area contributed by atoms with Gasteiger partial charge in [0.2, 0.25) is 10.0 Å². The number of rotatable bonds is 8. The predicted octanol–water partition coefficient (Wildman–Crippen LogP) is 0.0491. The van der Waals surface area contributed by atoms with Gasteiger partial charge in [0.15, 0.2) is 6.61 Å². The molecular formula is C14H18N2O6S. The molecule has 1 aromatic carbocycles. The Labute approximate surface area is 134 Å². The van der Waals surface area contributed by atoms with Gasteiger partial charge in [-0.2, -0.15) is 4.31 Å². The molecule has 9 heteroatoms. The Bertz CT molecular complexity index is 682. The minimum Gasteiger partial charge on any atom is -0.484 e. The van der Waals surface area contributed by atoms with Crippen LogP contribution in [0.15, 0.2) is 29.2 Å². The first-order valence-corrected chi connectivity index (χ1v) is 8.43. The maximum absolute atomic E-state index is 12.1. The third-order valence-corrected chi connectivity index (χ3v) is 5.02. The largest absolute Gasteiger partial charge is 0.484 e. The number of hydrogen-bond acceptors (Lipinski definition) is 5. The summed E-state index contributed by atoms with van der Waals surface area (Å²) in [4.78, 5) is 22.1. The van der Waals surface area contributed by atoms with Crippen molar-refractivity contribution in [1.29, 1.82) is 0 Å². The molecule has 2 N–H and O–H groups in total. The predicted molar refractivity (Wildman–Crippen MR) is 80.6 cm³/mol. The Hall–Kier alpha value is -2.13. The van der Waals surface area contributed by atoms with Crippen LogP contribution in [0.3, 0.4) is 0 Å². The zero-order valence-electron chi connectivity index (χ0n) is 12.6. The number of benzene rings is 1. The first kappa shape index (κ1) is 17.2. The number of carboxylic acid groups (broad SMARTS) is 1. The third kappa shape index (κ3) is 4.93. The van der Waals surface area contributed by atoms with Crippen LogP contribution in [0.25, 0.3) is 0 Å². The van der Waals surface area contributed by atoms with Gasteiger partial charge in [0, 0.05) is 13.1 Å². The molecule has 126 valence electrons. The van der Waals surface area contributed by atoms with E-state index in [4.69, 9.17) is 9.84 Å². The Morgan fingerprint density at radius 1 is 1.30 bits per heavy atom. The molecule has 0 bridgehead atoms. The zero-order valence-corrected chi connectivity index (χ0v) is 13.4. The number of nitrogens with one attached hydrogen (secondary N) is 1. The number of hydrogen-bond donors (Lipinski definition) is 2. The average molecular weight is 342 g/mol. The average Bonchev–Trinajstić information content (AvgIpc) is 3.28. The fourth-order valence-corrected chi connectivity index (χ4v) is 2.93. The van der Waals surface area contributed by atoms with Crippen molar-refractivity contribution >= 4 is 21.9 Å². The van der Waals surface area contributed by atoms with Gasteiger partial charge in [-0.3, -0.25) is 9.59 Å². The van der Waals surface area contributed by atoms with Crippen LogP contribution in [0.5, 0.6) is 5.75 Å². The van der Waals surface area contributed by atoms with E-state index in [1.165, 1.54) is 31.3 Å². The van der Waals surface area contributed by atoms with Crippen molar-refractivity contribution in [3.8, 4) is 5.75 Å². The van der Waals surface area contributed by atoms with E-state index in [1.807, 2.05) is 0 Å². The lowest BCUT2D eigenvalue weighted by atomic mass is 10.3. The highest BCUT2D eigenvalue weighted by Gasteiger charge is 2.24. The van der Waals surface area contributed by atoms with E-state index < -0.39 is 22.5 Å². The van der Waals surface area contributed by atoms with E-state index in [9.17, 15) is 18.0 Å². The number of carboxylic acids is 1. The van der Waals surface area contributed by atoms with E-state index in [0.717, 1.165) is 17.1 Å². The topological polar surface area (TPSA) is 113 Å². The molecule has 0 unspecified atom stereocenters. The van der Waals surface area contributed by atoms with Gasteiger partial charge in [-0.25, -0.2) is 8.42 Å². The number of nitrogens with zero attached hydrogens (tertiary/aromatic N) is 1. The van der Waals surface area contributed by atoms with Gasteiger partial charge in [0.25, 0.3) is 5.91 Å². The monoisotopic (exact) mass is 342 g/mol. The second-order valence-corrected chi connectivity index (χ2v) is 7.30. The lowest BCUT2D eigenvalue weighted by Crippen LogP contribution is -2.32. The SMILES string of the molecule is CN(CC(=O)O)S(=O)(=O)c1ccc(OCC(=O)NC2CC2)cc1. The Kier molecular flexibility index (Phi) is 5.22. The van der Waals surface area contributed by atoms with Crippen LogP contribution >= 0.6 is 0 Å². The summed E-state index contributed by atoms with van der Waals surface area (Å²) in [6, 6.07) is 5.71. The summed E-state index contributed by atoms with van der Waals surface area (Å²) in [5.74, 6) is -1.10. The molecule has 2 rings (SSSR count). The second-order valence-electron chi connectivity index (χ2n) is 5.26. The molecule has 0 aliphatic heterocycles. The fraction of sp³-hybridized carbons (Fsp3) is 0.429. The Morgan fingerprint density at radius 2 is 1.91 bits per heavy atom. The van der Waals surface area contributed by atoms with Crippen molar-refractivity contribution in [2.45, 2.75) is 23.8 Å². The summed E-state index contributed by atoms with van der Waals surface area (Å²) in [5, 5.41) is 11.4. The van der Waals surface area contributed by atoms with Crippen molar-refractivity contribution in [3.63, 3.8) is 0 Å². The van der Waals surface area contributed by atoms with E-state index in [1.54, 1.807) is 0 Å². The number of likely N-dealkylation sites (N-methyl/N-ethyl adjacent to an activating group) is 1. The van der Waals surface area contributed by atoms with Gasteiger partial charge in [0.05, 0.1) is 4.90 Å². The molecule has 0 atom stereocenters. The molecule has 8 nitrogen and oxygen atoms in total. The van der Waals surface area contributed by atoms with Gasteiger partial charge in [-0.1, -0.05) is 0 Å². The highest BCUT2D eigenvalue weighted by molar-refractivity contribution is 7.89. The highest BCUT2D eigenvalue weighted by atomic mass is 32.2. The molecule has 1 fully saturated rings. The molecule has 23 heavy (non-hydrogen) atoms. The van der Waals surface area contributed by atoms with Crippen LogP contribution in [0.4, 0.5) is 0 Å². The molecule has 1 aromatic rings.